The summed E-state index contributed by atoms with van der Waals surface area (Å²) in [4.78, 5) is 17.6. The smallest absolute Gasteiger partial charge is 0.374 e. The van der Waals surface area contributed by atoms with E-state index in [-0.39, 0.29) is 11.4 Å². The van der Waals surface area contributed by atoms with Gasteiger partial charge >= 0.3 is 7.05 Å². The minimum absolute atomic E-state index is 0.0398. The standard InChI is InChI=1S/C18H19BFN3O2/c1-3-14(22-19(2)25)17-21-15-11-7-10-13(20)16(15)18(24)23(17)12-8-5-4-6-9-12/h4-11,14,22,25H,3H2,1-2H3/t14-/m0/s1. The third-order valence-corrected chi connectivity index (χ3v) is 4.05. The van der Waals surface area contributed by atoms with Crippen molar-refractivity contribution in [3.63, 3.8) is 0 Å². The monoisotopic (exact) mass is 339 g/mol. The van der Waals surface area contributed by atoms with Crippen LogP contribution < -0.4 is 10.8 Å². The highest BCUT2D eigenvalue weighted by atomic mass is 19.1. The van der Waals surface area contributed by atoms with Crippen LogP contribution in [0.2, 0.25) is 6.82 Å². The highest BCUT2D eigenvalue weighted by Crippen LogP contribution is 2.21. The van der Waals surface area contributed by atoms with E-state index in [0.29, 0.717) is 23.4 Å². The van der Waals surface area contributed by atoms with Gasteiger partial charge in [-0.15, -0.1) is 0 Å². The summed E-state index contributed by atoms with van der Waals surface area (Å²) in [7, 11) is -0.769. The molecule has 0 spiro atoms. The van der Waals surface area contributed by atoms with E-state index in [1.165, 1.54) is 16.7 Å². The van der Waals surface area contributed by atoms with E-state index in [0.717, 1.165) is 0 Å². The van der Waals surface area contributed by atoms with Gasteiger partial charge in [-0.1, -0.05) is 31.2 Å². The van der Waals surface area contributed by atoms with Crippen LogP contribution in [0.1, 0.15) is 25.2 Å². The zero-order valence-electron chi connectivity index (χ0n) is 14.1. The molecule has 0 aliphatic rings. The van der Waals surface area contributed by atoms with Gasteiger partial charge in [-0.25, -0.2) is 9.37 Å². The highest BCUT2D eigenvalue weighted by Gasteiger charge is 2.22. The molecule has 2 N–H and O–H groups in total. The average Bonchev–Trinajstić information content (AvgIpc) is 2.60. The van der Waals surface area contributed by atoms with E-state index in [1.54, 1.807) is 37.2 Å². The molecule has 3 aromatic rings. The molecule has 0 fully saturated rings. The molecule has 0 bridgehead atoms. The molecule has 0 aliphatic carbocycles. The largest absolute Gasteiger partial charge is 0.437 e. The SMILES string of the molecule is CC[C@H](NB(C)O)c1nc2cccc(F)c2c(=O)n1-c1ccccc1. The van der Waals surface area contributed by atoms with Crippen molar-refractivity contribution < 1.29 is 9.41 Å². The molecule has 0 aliphatic heterocycles. The molecule has 1 heterocycles. The second-order valence-corrected chi connectivity index (χ2v) is 5.88. The summed E-state index contributed by atoms with van der Waals surface area (Å²) < 4.78 is 15.7. The fourth-order valence-electron chi connectivity index (χ4n) is 2.93. The van der Waals surface area contributed by atoms with Crippen LogP contribution in [0.15, 0.2) is 53.3 Å². The Labute approximate surface area is 145 Å². The van der Waals surface area contributed by atoms with E-state index >= 15 is 0 Å². The summed E-state index contributed by atoms with van der Waals surface area (Å²) in [5, 5.41) is 12.7. The minimum atomic E-state index is -0.769. The Morgan fingerprint density at radius 3 is 2.60 bits per heavy atom. The molecule has 0 unspecified atom stereocenters. The lowest BCUT2D eigenvalue weighted by molar-refractivity contribution is 0.497. The molecule has 3 rings (SSSR count). The molecule has 1 aromatic heterocycles. The van der Waals surface area contributed by atoms with Gasteiger partial charge in [-0.3, -0.25) is 9.36 Å². The van der Waals surface area contributed by atoms with Crippen molar-refractivity contribution in [2.45, 2.75) is 26.2 Å². The van der Waals surface area contributed by atoms with Gasteiger partial charge < -0.3 is 10.3 Å². The van der Waals surface area contributed by atoms with Crippen molar-refractivity contribution in [3.05, 3.63) is 70.5 Å². The van der Waals surface area contributed by atoms with Crippen molar-refractivity contribution in [2.75, 3.05) is 0 Å². The number of benzene rings is 2. The van der Waals surface area contributed by atoms with Crippen molar-refractivity contribution in [3.8, 4) is 5.69 Å². The van der Waals surface area contributed by atoms with Crippen molar-refractivity contribution in [1.82, 2.24) is 14.8 Å². The molecule has 7 heteroatoms. The molecule has 0 amide bonds. The molecule has 5 nitrogen and oxygen atoms in total. The number of rotatable bonds is 5. The first-order valence-corrected chi connectivity index (χ1v) is 8.23. The fraction of sp³-hybridized carbons (Fsp3) is 0.222. The lowest BCUT2D eigenvalue weighted by Gasteiger charge is -2.22. The molecule has 0 saturated carbocycles. The van der Waals surface area contributed by atoms with Crippen molar-refractivity contribution in [1.29, 1.82) is 0 Å². The van der Waals surface area contributed by atoms with Crippen LogP contribution in [-0.4, -0.2) is 21.6 Å². The Kier molecular flexibility index (Phi) is 4.97. The number of fused-ring (bicyclic) bond motifs is 1. The van der Waals surface area contributed by atoms with E-state index in [4.69, 9.17) is 0 Å². The first kappa shape index (κ1) is 17.3. The molecular formula is C18H19BFN3O2. The molecular weight excluding hydrogens is 320 g/mol. The number of para-hydroxylation sites is 1. The molecule has 25 heavy (non-hydrogen) atoms. The summed E-state index contributed by atoms with van der Waals surface area (Å²) in [6.45, 7) is 3.53. The number of hydrogen-bond donors (Lipinski definition) is 2. The Morgan fingerprint density at radius 1 is 1.24 bits per heavy atom. The summed E-state index contributed by atoms with van der Waals surface area (Å²) in [5.74, 6) is -0.152. The first-order valence-electron chi connectivity index (χ1n) is 8.23. The number of hydrogen-bond acceptors (Lipinski definition) is 4. The van der Waals surface area contributed by atoms with E-state index in [2.05, 4.69) is 10.2 Å². The van der Waals surface area contributed by atoms with Crippen molar-refractivity contribution in [2.24, 2.45) is 0 Å². The van der Waals surface area contributed by atoms with Crippen molar-refractivity contribution >= 4 is 18.0 Å². The summed E-state index contributed by atoms with van der Waals surface area (Å²) in [6, 6.07) is 13.0. The number of nitrogens with one attached hydrogen (secondary N) is 1. The summed E-state index contributed by atoms with van der Waals surface area (Å²) in [5.41, 5.74) is 0.444. The quantitative estimate of drug-likeness (QED) is 0.702. The topological polar surface area (TPSA) is 67.2 Å². The van der Waals surface area contributed by atoms with Gasteiger partial charge in [-0.2, -0.15) is 0 Å². The van der Waals surface area contributed by atoms with Gasteiger partial charge in [0.05, 0.1) is 17.2 Å². The molecule has 1 atom stereocenters. The third-order valence-electron chi connectivity index (χ3n) is 4.05. The number of aromatic nitrogens is 2. The minimum Gasteiger partial charge on any atom is -0.437 e. The average molecular weight is 339 g/mol. The van der Waals surface area contributed by atoms with E-state index in [9.17, 15) is 14.2 Å². The van der Waals surface area contributed by atoms with E-state index < -0.39 is 18.4 Å². The number of nitrogens with zero attached hydrogens (tertiary/aromatic N) is 2. The summed E-state index contributed by atoms with van der Waals surface area (Å²) >= 11 is 0. The van der Waals surface area contributed by atoms with Crippen LogP contribution in [-0.2, 0) is 0 Å². The van der Waals surface area contributed by atoms with Gasteiger partial charge in [0.2, 0.25) is 0 Å². The lowest BCUT2D eigenvalue weighted by atomic mass is 9.86. The predicted octanol–water partition coefficient (Wildman–Crippen LogP) is 2.68. The molecule has 2 aromatic carbocycles. The molecule has 128 valence electrons. The van der Waals surface area contributed by atoms with Gasteiger partial charge in [0.1, 0.15) is 17.0 Å². The first-order chi connectivity index (χ1) is 12.0. The van der Waals surface area contributed by atoms with E-state index in [1.807, 2.05) is 13.0 Å². The Hall–Kier alpha value is -2.51. The lowest BCUT2D eigenvalue weighted by Crippen LogP contribution is -2.38. The zero-order valence-corrected chi connectivity index (χ0v) is 14.1. The fourth-order valence-corrected chi connectivity index (χ4v) is 2.93. The van der Waals surface area contributed by atoms with Crippen LogP contribution in [0, 0.1) is 5.82 Å². The maximum Gasteiger partial charge on any atom is 0.374 e. The zero-order chi connectivity index (χ0) is 18.0. The van der Waals surface area contributed by atoms with Crippen LogP contribution in [0.3, 0.4) is 0 Å². The second kappa shape index (κ2) is 7.17. The van der Waals surface area contributed by atoms with Crippen LogP contribution in [0.4, 0.5) is 4.39 Å². The van der Waals surface area contributed by atoms with Gasteiger partial charge in [-0.05, 0) is 37.5 Å². The molecule has 0 saturated heterocycles. The van der Waals surface area contributed by atoms with Crippen LogP contribution in [0.5, 0.6) is 0 Å². The summed E-state index contributed by atoms with van der Waals surface area (Å²) in [6.07, 6.45) is 0.602. The second-order valence-electron chi connectivity index (χ2n) is 5.88. The predicted molar refractivity (Wildman–Crippen MR) is 97.3 cm³/mol. The van der Waals surface area contributed by atoms with Gasteiger partial charge in [0.25, 0.3) is 5.56 Å². The maximum absolute atomic E-state index is 14.3. The normalized spacial score (nSPS) is 12.3. The highest BCUT2D eigenvalue weighted by molar-refractivity contribution is 6.45. The van der Waals surface area contributed by atoms with Gasteiger partial charge in [0, 0.05) is 0 Å². The Morgan fingerprint density at radius 2 is 1.96 bits per heavy atom. The Bertz CT molecular complexity index is 944. The van der Waals surface area contributed by atoms with Gasteiger partial charge in [0.15, 0.2) is 0 Å². The third kappa shape index (κ3) is 3.33. The Balaban J connectivity index is 2.36. The van der Waals surface area contributed by atoms with Crippen LogP contribution in [0.25, 0.3) is 16.6 Å². The number of halogens is 1. The van der Waals surface area contributed by atoms with Crippen LogP contribution >= 0.6 is 0 Å². The molecule has 0 radical (unpaired) electrons. The maximum atomic E-state index is 14.3.